The molecule has 0 aliphatic carbocycles. The second kappa shape index (κ2) is 5.66. The molecule has 6 nitrogen and oxygen atoms in total. The van der Waals surface area contributed by atoms with Crippen molar-refractivity contribution >= 4 is 11.9 Å². The number of aromatic nitrogens is 1. The Morgan fingerprint density at radius 2 is 1.90 bits per heavy atom. The van der Waals surface area contributed by atoms with Crippen LogP contribution in [0.1, 0.15) is 44.9 Å². The first kappa shape index (κ1) is 14.6. The maximum atomic E-state index is 12.5. The number of carbonyl (C=O) groups is 2. The van der Waals surface area contributed by atoms with E-state index < -0.39 is 5.97 Å². The molecule has 1 aliphatic heterocycles. The van der Waals surface area contributed by atoms with E-state index in [1.54, 1.807) is 25.9 Å². The van der Waals surface area contributed by atoms with Crippen LogP contribution in [-0.4, -0.2) is 53.2 Å². The van der Waals surface area contributed by atoms with E-state index in [1.165, 1.54) is 0 Å². The lowest BCUT2D eigenvalue weighted by atomic mass is 10.0. The van der Waals surface area contributed by atoms with E-state index in [-0.39, 0.29) is 17.7 Å². The fourth-order valence-electron chi connectivity index (χ4n) is 2.74. The van der Waals surface area contributed by atoms with Gasteiger partial charge in [0.25, 0.3) is 5.91 Å². The fraction of sp³-hybridized carbons (Fsp3) is 0.571. The zero-order chi connectivity index (χ0) is 14.9. The molecule has 6 heteroatoms. The lowest BCUT2D eigenvalue weighted by molar-refractivity contribution is 0.0350. The first-order chi connectivity index (χ1) is 9.45. The third-order valence-electron chi connectivity index (χ3n) is 3.93. The standard InChI is InChI=1S/C14H20N2O4/c1-8-11(9(2)15-12(8)14(18)19)13(17)16-6-4-10(20-3)5-7-16/h10,15H,4-7H2,1-3H3,(H,18,19). The number of hydrogen-bond acceptors (Lipinski definition) is 3. The van der Waals surface area contributed by atoms with Crippen LogP contribution < -0.4 is 0 Å². The minimum atomic E-state index is -1.04. The molecular weight excluding hydrogens is 260 g/mol. The van der Waals surface area contributed by atoms with Gasteiger partial charge in [0.1, 0.15) is 5.69 Å². The molecule has 1 amide bonds. The van der Waals surface area contributed by atoms with Crippen molar-refractivity contribution in [1.29, 1.82) is 0 Å². The van der Waals surface area contributed by atoms with E-state index >= 15 is 0 Å². The summed E-state index contributed by atoms with van der Waals surface area (Å²) in [6.45, 7) is 4.68. The van der Waals surface area contributed by atoms with Crippen molar-refractivity contribution in [2.75, 3.05) is 20.2 Å². The lowest BCUT2D eigenvalue weighted by Gasteiger charge is -2.31. The minimum Gasteiger partial charge on any atom is -0.477 e. The van der Waals surface area contributed by atoms with Crippen LogP contribution in [0.15, 0.2) is 0 Å². The number of ether oxygens (including phenoxy) is 1. The quantitative estimate of drug-likeness (QED) is 0.880. The molecule has 1 saturated heterocycles. The maximum absolute atomic E-state index is 12.5. The second-order valence-corrected chi connectivity index (χ2v) is 5.16. The zero-order valence-electron chi connectivity index (χ0n) is 12.0. The minimum absolute atomic E-state index is 0.0950. The van der Waals surface area contributed by atoms with Gasteiger partial charge in [-0.05, 0) is 32.3 Å². The molecule has 0 bridgehead atoms. The summed E-state index contributed by atoms with van der Waals surface area (Å²) >= 11 is 0. The number of likely N-dealkylation sites (tertiary alicyclic amines) is 1. The fourth-order valence-corrected chi connectivity index (χ4v) is 2.74. The van der Waals surface area contributed by atoms with E-state index in [1.807, 2.05) is 0 Å². The monoisotopic (exact) mass is 280 g/mol. The van der Waals surface area contributed by atoms with Crippen LogP contribution in [0.3, 0.4) is 0 Å². The van der Waals surface area contributed by atoms with Gasteiger partial charge in [-0.25, -0.2) is 4.79 Å². The smallest absolute Gasteiger partial charge is 0.352 e. The average molecular weight is 280 g/mol. The number of rotatable bonds is 3. The predicted molar refractivity (Wildman–Crippen MR) is 73.2 cm³/mol. The molecule has 0 atom stereocenters. The number of hydrogen-bond donors (Lipinski definition) is 2. The molecule has 1 aromatic heterocycles. The molecule has 0 aromatic carbocycles. The normalized spacial score (nSPS) is 16.4. The van der Waals surface area contributed by atoms with Crippen LogP contribution in [0.4, 0.5) is 0 Å². The van der Waals surface area contributed by atoms with Crippen LogP contribution in [-0.2, 0) is 4.74 Å². The van der Waals surface area contributed by atoms with Crippen molar-refractivity contribution in [3.05, 3.63) is 22.5 Å². The molecule has 110 valence electrons. The Labute approximate surface area is 117 Å². The van der Waals surface area contributed by atoms with Crippen LogP contribution in [0.5, 0.6) is 0 Å². The highest BCUT2D eigenvalue weighted by Crippen LogP contribution is 2.22. The van der Waals surface area contributed by atoms with Crippen molar-refractivity contribution < 1.29 is 19.4 Å². The average Bonchev–Trinajstić information content (AvgIpc) is 2.73. The summed E-state index contributed by atoms with van der Waals surface area (Å²) in [5.41, 5.74) is 1.70. The number of amides is 1. The van der Waals surface area contributed by atoms with Crippen molar-refractivity contribution in [1.82, 2.24) is 9.88 Å². The van der Waals surface area contributed by atoms with Gasteiger partial charge in [-0.1, -0.05) is 0 Å². The summed E-state index contributed by atoms with van der Waals surface area (Å²) in [5.74, 6) is -1.14. The van der Waals surface area contributed by atoms with E-state index in [0.717, 1.165) is 12.8 Å². The third kappa shape index (κ3) is 2.56. The van der Waals surface area contributed by atoms with Gasteiger partial charge in [-0.2, -0.15) is 0 Å². The van der Waals surface area contributed by atoms with Gasteiger partial charge in [0.2, 0.25) is 0 Å². The predicted octanol–water partition coefficient (Wildman–Crippen LogP) is 1.58. The van der Waals surface area contributed by atoms with E-state index in [9.17, 15) is 9.59 Å². The highest BCUT2D eigenvalue weighted by Gasteiger charge is 2.28. The van der Waals surface area contributed by atoms with Gasteiger partial charge < -0.3 is 19.7 Å². The van der Waals surface area contributed by atoms with Crippen molar-refractivity contribution in [2.45, 2.75) is 32.8 Å². The first-order valence-corrected chi connectivity index (χ1v) is 6.70. The van der Waals surface area contributed by atoms with Crippen LogP contribution in [0.2, 0.25) is 0 Å². The van der Waals surface area contributed by atoms with Crippen molar-refractivity contribution in [2.24, 2.45) is 0 Å². The molecule has 1 aromatic rings. The summed E-state index contributed by atoms with van der Waals surface area (Å²) in [6, 6.07) is 0. The molecular formula is C14H20N2O4. The number of methoxy groups -OCH3 is 1. The van der Waals surface area contributed by atoms with Crippen molar-refractivity contribution in [3.63, 3.8) is 0 Å². The van der Waals surface area contributed by atoms with E-state index in [4.69, 9.17) is 9.84 Å². The number of aromatic amines is 1. The van der Waals surface area contributed by atoms with Crippen LogP contribution >= 0.6 is 0 Å². The molecule has 1 aliphatic rings. The maximum Gasteiger partial charge on any atom is 0.352 e. The molecule has 20 heavy (non-hydrogen) atoms. The van der Waals surface area contributed by atoms with Gasteiger partial charge in [-0.15, -0.1) is 0 Å². The topological polar surface area (TPSA) is 82.6 Å². The Kier molecular flexibility index (Phi) is 4.13. The Morgan fingerprint density at radius 1 is 1.30 bits per heavy atom. The summed E-state index contributed by atoms with van der Waals surface area (Å²) < 4.78 is 5.29. The Hall–Kier alpha value is -1.82. The molecule has 0 saturated carbocycles. The number of H-pyrrole nitrogens is 1. The van der Waals surface area contributed by atoms with Gasteiger partial charge in [0.15, 0.2) is 0 Å². The zero-order valence-corrected chi connectivity index (χ0v) is 12.0. The SMILES string of the molecule is COC1CCN(C(=O)c2c(C)[nH]c(C(=O)O)c2C)CC1. The Balaban J connectivity index is 2.20. The lowest BCUT2D eigenvalue weighted by Crippen LogP contribution is -2.41. The molecule has 1 fully saturated rings. The Morgan fingerprint density at radius 3 is 2.35 bits per heavy atom. The number of carbonyl (C=O) groups excluding carboxylic acids is 1. The summed E-state index contributed by atoms with van der Waals surface area (Å²) in [7, 11) is 1.68. The number of nitrogens with zero attached hydrogens (tertiary/aromatic N) is 1. The highest BCUT2D eigenvalue weighted by molar-refractivity contribution is 6.00. The van der Waals surface area contributed by atoms with Gasteiger partial charge >= 0.3 is 5.97 Å². The second-order valence-electron chi connectivity index (χ2n) is 5.16. The number of aromatic carboxylic acids is 1. The molecule has 2 heterocycles. The molecule has 0 unspecified atom stereocenters. The van der Waals surface area contributed by atoms with Crippen molar-refractivity contribution in [3.8, 4) is 0 Å². The number of carboxylic acids is 1. The van der Waals surface area contributed by atoms with Gasteiger partial charge in [0.05, 0.1) is 11.7 Å². The summed E-state index contributed by atoms with van der Waals surface area (Å²) in [5, 5.41) is 9.09. The third-order valence-corrected chi connectivity index (χ3v) is 3.93. The van der Waals surface area contributed by atoms with Gasteiger partial charge in [0, 0.05) is 25.9 Å². The largest absolute Gasteiger partial charge is 0.477 e. The van der Waals surface area contributed by atoms with Crippen LogP contribution in [0.25, 0.3) is 0 Å². The summed E-state index contributed by atoms with van der Waals surface area (Å²) in [6.07, 6.45) is 1.84. The van der Waals surface area contributed by atoms with Gasteiger partial charge in [-0.3, -0.25) is 4.79 Å². The molecule has 2 N–H and O–H groups in total. The van der Waals surface area contributed by atoms with E-state index in [2.05, 4.69) is 4.98 Å². The van der Waals surface area contributed by atoms with Crippen LogP contribution in [0, 0.1) is 13.8 Å². The summed E-state index contributed by atoms with van der Waals surface area (Å²) in [4.78, 5) is 28.2. The number of carboxylic acid groups (broad SMARTS) is 1. The first-order valence-electron chi connectivity index (χ1n) is 6.70. The molecule has 0 radical (unpaired) electrons. The number of piperidine rings is 1. The van der Waals surface area contributed by atoms with E-state index in [0.29, 0.717) is 29.9 Å². The molecule has 0 spiro atoms. The Bertz CT molecular complexity index is 528. The molecule has 2 rings (SSSR count). The highest BCUT2D eigenvalue weighted by atomic mass is 16.5. The number of nitrogens with one attached hydrogen (secondary N) is 1. The number of aryl methyl sites for hydroxylation is 1.